The highest BCUT2D eigenvalue weighted by atomic mass is 32.2. The molecule has 2 amide bonds. The average Bonchev–Trinajstić information content (AvgIpc) is 3.04. The molecule has 0 aromatic heterocycles. The van der Waals surface area contributed by atoms with Gasteiger partial charge in [-0.1, -0.05) is 25.0 Å². The van der Waals surface area contributed by atoms with Gasteiger partial charge in [0.05, 0.1) is 10.6 Å². The molecule has 182 valence electrons. The molecular formula is C26H33N3O4S. The molecule has 2 heterocycles. The van der Waals surface area contributed by atoms with E-state index in [1.807, 2.05) is 36.9 Å². The second-order valence-electron chi connectivity index (χ2n) is 9.30. The summed E-state index contributed by atoms with van der Waals surface area (Å²) >= 11 is 0. The van der Waals surface area contributed by atoms with E-state index in [0.717, 1.165) is 61.2 Å². The molecule has 4 rings (SSSR count). The molecule has 0 radical (unpaired) electrons. The van der Waals surface area contributed by atoms with Gasteiger partial charge in [-0.15, -0.1) is 0 Å². The maximum Gasteiger partial charge on any atom is 0.261 e. The van der Waals surface area contributed by atoms with Crippen LogP contribution < -0.4 is 9.62 Å². The van der Waals surface area contributed by atoms with Gasteiger partial charge in [-0.3, -0.25) is 14.3 Å². The number of fused-ring (bicyclic) bond motifs is 1. The summed E-state index contributed by atoms with van der Waals surface area (Å²) in [4.78, 5) is 29.2. The van der Waals surface area contributed by atoms with Crippen LogP contribution in [0.3, 0.4) is 0 Å². The molecule has 2 aromatic rings. The first kappa shape index (κ1) is 24.3. The number of amides is 2. The summed E-state index contributed by atoms with van der Waals surface area (Å²) in [6.07, 6.45) is 5.36. The van der Waals surface area contributed by atoms with Gasteiger partial charge in [0, 0.05) is 38.2 Å². The van der Waals surface area contributed by atoms with Crippen LogP contribution in [0.25, 0.3) is 0 Å². The molecule has 0 aliphatic carbocycles. The average molecular weight is 484 g/mol. The number of aryl methyl sites for hydroxylation is 2. The van der Waals surface area contributed by atoms with E-state index in [1.54, 1.807) is 23.1 Å². The smallest absolute Gasteiger partial charge is 0.261 e. The quantitative estimate of drug-likeness (QED) is 0.668. The molecule has 8 heteroatoms. The van der Waals surface area contributed by atoms with Gasteiger partial charge in [-0.05, 0) is 74.1 Å². The minimum atomic E-state index is -3.75. The lowest BCUT2D eigenvalue weighted by atomic mass is 10.1. The lowest BCUT2D eigenvalue weighted by Gasteiger charge is -2.21. The number of nitrogens with zero attached hydrogens (tertiary/aromatic N) is 2. The van der Waals surface area contributed by atoms with Crippen molar-refractivity contribution in [3.8, 4) is 0 Å². The van der Waals surface area contributed by atoms with Crippen molar-refractivity contribution in [3.63, 3.8) is 0 Å². The Bertz CT molecular complexity index is 1180. The number of benzene rings is 2. The minimum Gasteiger partial charge on any atom is -0.343 e. The number of sulfonamides is 1. The molecular weight excluding hydrogens is 450 g/mol. The van der Waals surface area contributed by atoms with E-state index >= 15 is 0 Å². The van der Waals surface area contributed by atoms with Crippen LogP contribution in [0.1, 0.15) is 55.2 Å². The van der Waals surface area contributed by atoms with Crippen molar-refractivity contribution in [2.24, 2.45) is 0 Å². The van der Waals surface area contributed by atoms with Gasteiger partial charge in [0.15, 0.2) is 0 Å². The number of anilines is 2. The number of rotatable bonds is 6. The fourth-order valence-electron chi connectivity index (χ4n) is 4.68. The largest absolute Gasteiger partial charge is 0.343 e. The number of hydrogen-bond donors (Lipinski definition) is 1. The van der Waals surface area contributed by atoms with Crippen molar-refractivity contribution in [2.75, 3.05) is 29.3 Å². The molecule has 0 saturated carbocycles. The van der Waals surface area contributed by atoms with Crippen molar-refractivity contribution in [3.05, 3.63) is 53.1 Å². The summed E-state index contributed by atoms with van der Waals surface area (Å²) in [5.74, 6) is -0.0420. The monoisotopic (exact) mass is 483 g/mol. The Kier molecular flexibility index (Phi) is 7.26. The number of hydrogen-bond acceptors (Lipinski definition) is 4. The van der Waals surface area contributed by atoms with Gasteiger partial charge in [0.2, 0.25) is 11.8 Å². The van der Waals surface area contributed by atoms with Gasteiger partial charge in [-0.25, -0.2) is 8.42 Å². The molecule has 1 saturated heterocycles. The third-order valence-electron chi connectivity index (χ3n) is 6.71. The van der Waals surface area contributed by atoms with Crippen molar-refractivity contribution in [1.82, 2.24) is 4.90 Å². The van der Waals surface area contributed by atoms with Crippen molar-refractivity contribution in [1.29, 1.82) is 0 Å². The first-order valence-electron chi connectivity index (χ1n) is 12.1. The van der Waals surface area contributed by atoms with Crippen molar-refractivity contribution < 1.29 is 18.0 Å². The van der Waals surface area contributed by atoms with Gasteiger partial charge in [0.1, 0.15) is 0 Å². The Labute approximate surface area is 202 Å². The first-order valence-corrected chi connectivity index (χ1v) is 13.5. The van der Waals surface area contributed by atoms with Crippen LogP contribution in [-0.2, 0) is 26.0 Å². The summed E-state index contributed by atoms with van der Waals surface area (Å²) in [5, 5.41) is 0. The van der Waals surface area contributed by atoms with Crippen LogP contribution in [0.2, 0.25) is 0 Å². The summed E-state index contributed by atoms with van der Waals surface area (Å²) in [6, 6.07) is 10.5. The predicted molar refractivity (Wildman–Crippen MR) is 134 cm³/mol. The van der Waals surface area contributed by atoms with Gasteiger partial charge >= 0.3 is 0 Å². The van der Waals surface area contributed by atoms with Gasteiger partial charge in [0.25, 0.3) is 10.0 Å². The summed E-state index contributed by atoms with van der Waals surface area (Å²) < 4.78 is 28.7. The van der Waals surface area contributed by atoms with Gasteiger partial charge in [-0.2, -0.15) is 0 Å². The zero-order valence-corrected chi connectivity index (χ0v) is 20.8. The molecule has 7 nitrogen and oxygen atoms in total. The normalized spacial score (nSPS) is 16.2. The number of carbonyl (C=O) groups excluding carboxylic acids is 2. The van der Waals surface area contributed by atoms with Crippen molar-refractivity contribution >= 4 is 33.2 Å². The summed E-state index contributed by atoms with van der Waals surface area (Å²) in [7, 11) is -3.75. The lowest BCUT2D eigenvalue weighted by molar-refractivity contribution is -0.133. The number of carbonyl (C=O) groups is 2. The fraction of sp³-hybridized carbons (Fsp3) is 0.462. The van der Waals surface area contributed by atoms with Crippen LogP contribution >= 0.6 is 0 Å². The predicted octanol–water partition coefficient (Wildman–Crippen LogP) is 4.18. The van der Waals surface area contributed by atoms with Crippen LogP contribution in [0.15, 0.2) is 41.3 Å². The van der Waals surface area contributed by atoms with Gasteiger partial charge < -0.3 is 9.80 Å². The second kappa shape index (κ2) is 10.2. The molecule has 0 atom stereocenters. The molecule has 2 aliphatic rings. The highest BCUT2D eigenvalue weighted by molar-refractivity contribution is 7.92. The zero-order valence-electron chi connectivity index (χ0n) is 20.0. The van der Waals surface area contributed by atoms with Crippen LogP contribution in [-0.4, -0.2) is 44.8 Å². The SMILES string of the molecule is Cc1ccc(C)c(NS(=O)(=O)c2ccc3c(c2)CCN3C(=O)CCC(=O)N2CCCCCC2)c1. The topological polar surface area (TPSA) is 86.8 Å². The highest BCUT2D eigenvalue weighted by Crippen LogP contribution is 2.32. The van der Waals surface area contributed by atoms with E-state index in [9.17, 15) is 18.0 Å². The first-order chi connectivity index (χ1) is 16.2. The van der Waals surface area contributed by atoms with Crippen LogP contribution in [0.5, 0.6) is 0 Å². The molecule has 2 aromatic carbocycles. The lowest BCUT2D eigenvalue weighted by Crippen LogP contribution is -2.34. The molecule has 34 heavy (non-hydrogen) atoms. The Hall–Kier alpha value is -2.87. The van der Waals surface area contributed by atoms with E-state index in [-0.39, 0.29) is 29.6 Å². The summed E-state index contributed by atoms with van der Waals surface area (Å²) in [6.45, 7) is 5.85. The Morgan fingerprint density at radius 3 is 2.32 bits per heavy atom. The second-order valence-corrected chi connectivity index (χ2v) is 11.0. The van der Waals surface area contributed by atoms with E-state index < -0.39 is 10.0 Å². The number of likely N-dealkylation sites (tertiary alicyclic amines) is 1. The molecule has 0 bridgehead atoms. The Morgan fingerprint density at radius 1 is 0.882 bits per heavy atom. The summed E-state index contributed by atoms with van der Waals surface area (Å²) in [5.41, 5.74) is 3.95. The molecule has 0 unspecified atom stereocenters. The standard InChI is InChI=1S/C26H33N3O4S/c1-19-7-8-20(2)23(17-19)27-34(32,33)22-9-10-24-21(18-22)13-16-29(24)26(31)12-11-25(30)28-14-5-3-4-6-15-28/h7-10,17-18,27H,3-6,11-16H2,1-2H3. The molecule has 2 aliphatic heterocycles. The Balaban J connectivity index is 1.42. The zero-order chi connectivity index (χ0) is 24.3. The van der Waals surface area contributed by atoms with Crippen LogP contribution in [0, 0.1) is 13.8 Å². The van der Waals surface area contributed by atoms with E-state index in [1.165, 1.54) is 0 Å². The fourth-order valence-corrected chi connectivity index (χ4v) is 5.85. The maximum absolute atomic E-state index is 13.0. The molecule has 1 fully saturated rings. The third-order valence-corrected chi connectivity index (χ3v) is 8.07. The third kappa shape index (κ3) is 5.43. The van der Waals surface area contributed by atoms with Crippen LogP contribution in [0.4, 0.5) is 11.4 Å². The van der Waals surface area contributed by atoms with E-state index in [0.29, 0.717) is 18.7 Å². The number of nitrogens with one attached hydrogen (secondary N) is 1. The van der Waals surface area contributed by atoms with Crippen molar-refractivity contribution in [2.45, 2.75) is 63.7 Å². The Morgan fingerprint density at radius 2 is 1.59 bits per heavy atom. The molecule has 1 N–H and O–H groups in total. The highest BCUT2D eigenvalue weighted by Gasteiger charge is 2.27. The maximum atomic E-state index is 13.0. The van der Waals surface area contributed by atoms with E-state index in [2.05, 4.69) is 4.72 Å². The molecule has 0 spiro atoms. The minimum absolute atomic E-state index is 0.0497. The van der Waals surface area contributed by atoms with E-state index in [4.69, 9.17) is 0 Å².